The molecule has 2 aromatic heterocycles. The van der Waals surface area contributed by atoms with Gasteiger partial charge in [-0.2, -0.15) is 5.10 Å². The zero-order chi connectivity index (χ0) is 20.3. The monoisotopic (exact) mass is 400 g/mol. The van der Waals surface area contributed by atoms with E-state index in [-0.39, 0.29) is 0 Å². The lowest BCUT2D eigenvalue weighted by molar-refractivity contribution is -0.139. The van der Waals surface area contributed by atoms with Crippen LogP contribution in [0.25, 0.3) is 10.2 Å². The number of hydrazone groups is 1. The molecule has 3 aromatic rings. The van der Waals surface area contributed by atoms with Crippen LogP contribution in [0.15, 0.2) is 29.6 Å². The number of thiophene rings is 1. The van der Waals surface area contributed by atoms with Gasteiger partial charge in [-0.1, -0.05) is 0 Å². The average Bonchev–Trinajstić information content (AvgIpc) is 2.98. The minimum Gasteiger partial charge on any atom is -0.493 e. The van der Waals surface area contributed by atoms with E-state index in [9.17, 15) is 4.79 Å². The number of nitrogens with zero attached hydrogens (tertiary/aromatic N) is 3. The van der Waals surface area contributed by atoms with E-state index >= 15 is 0 Å². The third-order valence-electron chi connectivity index (χ3n) is 4.23. The SMILES string of the molecule is COc1cc(/C(C)=N\Nc2ncnc3sc(C)c(C)c23)ccc1OCC(=O)O. The molecule has 0 saturated carbocycles. The van der Waals surface area contributed by atoms with Crippen molar-refractivity contribution in [1.29, 1.82) is 0 Å². The van der Waals surface area contributed by atoms with Crippen LogP contribution in [-0.4, -0.2) is 40.5 Å². The van der Waals surface area contributed by atoms with Gasteiger partial charge in [0.1, 0.15) is 11.2 Å². The lowest BCUT2D eigenvalue weighted by Crippen LogP contribution is -2.10. The number of carbonyl (C=O) groups is 1. The van der Waals surface area contributed by atoms with Gasteiger partial charge in [0, 0.05) is 10.4 Å². The molecule has 0 aliphatic carbocycles. The summed E-state index contributed by atoms with van der Waals surface area (Å²) >= 11 is 1.62. The molecule has 146 valence electrons. The Morgan fingerprint density at radius 2 is 2.07 bits per heavy atom. The fourth-order valence-electron chi connectivity index (χ4n) is 2.62. The van der Waals surface area contributed by atoms with Gasteiger partial charge in [-0.05, 0) is 44.5 Å². The van der Waals surface area contributed by atoms with Crippen LogP contribution >= 0.6 is 11.3 Å². The minimum absolute atomic E-state index is 0.358. The number of benzene rings is 1. The molecule has 0 atom stereocenters. The molecule has 8 nitrogen and oxygen atoms in total. The summed E-state index contributed by atoms with van der Waals surface area (Å²) in [4.78, 5) is 21.4. The summed E-state index contributed by atoms with van der Waals surface area (Å²) < 4.78 is 10.5. The van der Waals surface area contributed by atoms with E-state index in [0.717, 1.165) is 21.3 Å². The summed E-state index contributed by atoms with van der Waals surface area (Å²) in [6, 6.07) is 5.19. The number of ether oxygens (including phenoxy) is 2. The fourth-order valence-corrected chi connectivity index (χ4v) is 3.62. The van der Waals surface area contributed by atoms with E-state index < -0.39 is 12.6 Å². The molecule has 0 aliphatic rings. The van der Waals surface area contributed by atoms with Crippen LogP contribution in [0.4, 0.5) is 5.82 Å². The number of carboxylic acid groups (broad SMARTS) is 1. The predicted molar refractivity (Wildman–Crippen MR) is 109 cm³/mol. The maximum absolute atomic E-state index is 10.7. The molecule has 0 fully saturated rings. The Bertz CT molecular complexity index is 1060. The molecule has 28 heavy (non-hydrogen) atoms. The lowest BCUT2D eigenvalue weighted by atomic mass is 10.1. The van der Waals surface area contributed by atoms with Gasteiger partial charge in [0.25, 0.3) is 0 Å². The van der Waals surface area contributed by atoms with Gasteiger partial charge in [-0.25, -0.2) is 14.8 Å². The predicted octanol–water partition coefficient (Wildman–Crippen LogP) is 3.62. The second-order valence-corrected chi connectivity index (χ2v) is 7.25. The Balaban J connectivity index is 1.85. The van der Waals surface area contributed by atoms with E-state index in [1.165, 1.54) is 18.3 Å². The lowest BCUT2D eigenvalue weighted by Gasteiger charge is -2.11. The minimum atomic E-state index is -1.05. The van der Waals surface area contributed by atoms with E-state index in [1.54, 1.807) is 29.5 Å². The van der Waals surface area contributed by atoms with Crippen molar-refractivity contribution in [3.8, 4) is 11.5 Å². The van der Waals surface area contributed by atoms with Gasteiger partial charge in [0.05, 0.1) is 18.2 Å². The molecule has 0 saturated heterocycles. The van der Waals surface area contributed by atoms with Gasteiger partial charge in [-0.3, -0.25) is 5.43 Å². The number of anilines is 1. The zero-order valence-electron chi connectivity index (χ0n) is 15.9. The molecular formula is C19H20N4O4S. The van der Waals surface area contributed by atoms with Crippen molar-refractivity contribution in [2.75, 3.05) is 19.1 Å². The largest absolute Gasteiger partial charge is 0.493 e. The first-order valence-corrected chi connectivity index (χ1v) is 9.26. The van der Waals surface area contributed by atoms with Crippen LogP contribution in [0.2, 0.25) is 0 Å². The first-order valence-electron chi connectivity index (χ1n) is 8.44. The van der Waals surface area contributed by atoms with Crippen LogP contribution in [-0.2, 0) is 4.79 Å². The molecule has 0 amide bonds. The van der Waals surface area contributed by atoms with Gasteiger partial charge < -0.3 is 14.6 Å². The third kappa shape index (κ3) is 4.04. The molecule has 2 heterocycles. The van der Waals surface area contributed by atoms with Crippen LogP contribution in [0.5, 0.6) is 11.5 Å². The van der Waals surface area contributed by atoms with Gasteiger partial charge >= 0.3 is 5.97 Å². The third-order valence-corrected chi connectivity index (χ3v) is 5.34. The topological polar surface area (TPSA) is 106 Å². The number of nitrogens with one attached hydrogen (secondary N) is 1. The van der Waals surface area contributed by atoms with Crippen molar-refractivity contribution >= 4 is 39.1 Å². The molecule has 0 unspecified atom stereocenters. The maximum Gasteiger partial charge on any atom is 0.341 e. The molecular weight excluding hydrogens is 380 g/mol. The molecule has 0 bridgehead atoms. The number of aromatic nitrogens is 2. The molecule has 0 radical (unpaired) electrons. The Morgan fingerprint density at radius 1 is 1.29 bits per heavy atom. The van der Waals surface area contributed by atoms with Gasteiger partial charge in [0.15, 0.2) is 23.9 Å². The second-order valence-electron chi connectivity index (χ2n) is 6.04. The number of methoxy groups -OCH3 is 1. The van der Waals surface area contributed by atoms with Crippen molar-refractivity contribution < 1.29 is 19.4 Å². The van der Waals surface area contributed by atoms with E-state index in [0.29, 0.717) is 23.0 Å². The molecule has 2 N–H and O–H groups in total. The first-order chi connectivity index (χ1) is 13.4. The van der Waals surface area contributed by atoms with E-state index in [4.69, 9.17) is 14.6 Å². The van der Waals surface area contributed by atoms with Crippen molar-refractivity contribution in [1.82, 2.24) is 9.97 Å². The standard InChI is InChI=1S/C19H20N4O4S/c1-10-12(3)28-19-17(10)18(20-9-21-19)23-22-11(2)13-5-6-14(15(7-13)26-4)27-8-16(24)25/h5-7,9H,8H2,1-4H3,(H,24,25)(H,20,21,23)/b22-11-. The molecule has 0 aliphatic heterocycles. The highest BCUT2D eigenvalue weighted by Crippen LogP contribution is 2.32. The summed E-state index contributed by atoms with van der Waals surface area (Å²) in [7, 11) is 1.50. The summed E-state index contributed by atoms with van der Waals surface area (Å²) in [5.41, 5.74) is 5.67. The average molecular weight is 400 g/mol. The second kappa shape index (κ2) is 8.22. The number of aliphatic carboxylic acids is 1. The highest BCUT2D eigenvalue weighted by Gasteiger charge is 2.12. The van der Waals surface area contributed by atoms with Crippen molar-refractivity contribution in [2.24, 2.45) is 5.10 Å². The summed E-state index contributed by atoms with van der Waals surface area (Å²) in [6.07, 6.45) is 1.52. The van der Waals surface area contributed by atoms with Crippen molar-refractivity contribution in [3.05, 3.63) is 40.5 Å². The Labute approximate surface area is 165 Å². The number of aryl methyl sites for hydroxylation is 2. The zero-order valence-corrected chi connectivity index (χ0v) is 16.8. The normalized spacial score (nSPS) is 11.5. The molecule has 0 spiro atoms. The van der Waals surface area contributed by atoms with Gasteiger partial charge in [0.2, 0.25) is 0 Å². The van der Waals surface area contributed by atoms with E-state index in [2.05, 4.69) is 27.4 Å². The summed E-state index contributed by atoms with van der Waals surface area (Å²) in [6.45, 7) is 5.51. The highest BCUT2D eigenvalue weighted by atomic mass is 32.1. The van der Waals surface area contributed by atoms with Crippen LogP contribution in [0.3, 0.4) is 0 Å². The molecule has 1 aromatic carbocycles. The molecule has 3 rings (SSSR count). The Kier molecular flexibility index (Phi) is 5.74. The van der Waals surface area contributed by atoms with E-state index in [1.807, 2.05) is 13.8 Å². The number of hydrogen-bond donors (Lipinski definition) is 2. The van der Waals surface area contributed by atoms with Gasteiger partial charge in [-0.15, -0.1) is 11.3 Å². The van der Waals surface area contributed by atoms with Crippen molar-refractivity contribution in [3.63, 3.8) is 0 Å². The highest BCUT2D eigenvalue weighted by molar-refractivity contribution is 7.18. The quantitative estimate of drug-likeness (QED) is 0.461. The van der Waals surface area contributed by atoms with Crippen LogP contribution < -0.4 is 14.9 Å². The van der Waals surface area contributed by atoms with Crippen LogP contribution in [0, 0.1) is 13.8 Å². The summed E-state index contributed by atoms with van der Waals surface area (Å²) in [5.74, 6) is 0.390. The Hall–Kier alpha value is -3.20. The number of carboxylic acids is 1. The summed E-state index contributed by atoms with van der Waals surface area (Å²) in [5, 5.41) is 14.2. The fraction of sp³-hybridized carbons (Fsp3) is 0.263. The number of hydrogen-bond acceptors (Lipinski definition) is 8. The molecule has 9 heteroatoms. The smallest absolute Gasteiger partial charge is 0.341 e. The number of rotatable bonds is 7. The Morgan fingerprint density at radius 3 is 2.79 bits per heavy atom. The number of fused-ring (bicyclic) bond motifs is 1. The maximum atomic E-state index is 10.7. The van der Waals surface area contributed by atoms with Crippen LogP contribution in [0.1, 0.15) is 22.9 Å². The van der Waals surface area contributed by atoms with Crippen molar-refractivity contribution in [2.45, 2.75) is 20.8 Å². The first kappa shape index (κ1) is 19.6.